The summed E-state index contributed by atoms with van der Waals surface area (Å²) in [6, 6.07) is 0. The second-order valence-electron chi connectivity index (χ2n) is 4.16. The minimum absolute atomic E-state index is 0.637. The SMILES string of the molecule is COCCN1CCCC12CCC2. The molecule has 70 valence electrons. The lowest BCUT2D eigenvalue weighted by Crippen LogP contribution is -2.50. The van der Waals surface area contributed by atoms with E-state index in [1.54, 1.807) is 7.11 Å². The highest BCUT2D eigenvalue weighted by Gasteiger charge is 2.44. The van der Waals surface area contributed by atoms with Crippen LogP contribution in [0.2, 0.25) is 0 Å². The maximum Gasteiger partial charge on any atom is 0.0589 e. The van der Waals surface area contributed by atoms with E-state index in [9.17, 15) is 0 Å². The topological polar surface area (TPSA) is 12.5 Å². The summed E-state index contributed by atoms with van der Waals surface area (Å²) in [6.45, 7) is 3.36. The molecule has 0 aromatic carbocycles. The van der Waals surface area contributed by atoms with Gasteiger partial charge in [0.1, 0.15) is 0 Å². The van der Waals surface area contributed by atoms with Crippen LogP contribution in [0.4, 0.5) is 0 Å². The van der Waals surface area contributed by atoms with Crippen LogP contribution < -0.4 is 0 Å². The van der Waals surface area contributed by atoms with E-state index in [-0.39, 0.29) is 0 Å². The van der Waals surface area contributed by atoms with Crippen molar-refractivity contribution in [3.05, 3.63) is 0 Å². The summed E-state index contributed by atoms with van der Waals surface area (Å²) in [5.41, 5.74) is 0.637. The minimum Gasteiger partial charge on any atom is -0.383 e. The Morgan fingerprint density at radius 1 is 1.25 bits per heavy atom. The zero-order chi connectivity index (χ0) is 8.44. The average molecular weight is 169 g/mol. The molecule has 1 spiro atoms. The first-order valence-corrected chi connectivity index (χ1v) is 5.11. The summed E-state index contributed by atoms with van der Waals surface area (Å²) >= 11 is 0. The van der Waals surface area contributed by atoms with E-state index < -0.39 is 0 Å². The molecule has 0 atom stereocenters. The molecule has 2 fully saturated rings. The van der Waals surface area contributed by atoms with Crippen molar-refractivity contribution >= 4 is 0 Å². The zero-order valence-corrected chi connectivity index (χ0v) is 8.01. The van der Waals surface area contributed by atoms with Crippen LogP contribution in [0.15, 0.2) is 0 Å². The molecule has 2 aliphatic rings. The van der Waals surface area contributed by atoms with Gasteiger partial charge in [-0.3, -0.25) is 4.90 Å². The number of hydrogen-bond acceptors (Lipinski definition) is 2. The smallest absolute Gasteiger partial charge is 0.0589 e. The van der Waals surface area contributed by atoms with Crippen molar-refractivity contribution in [2.45, 2.75) is 37.6 Å². The summed E-state index contributed by atoms with van der Waals surface area (Å²) in [5, 5.41) is 0. The van der Waals surface area contributed by atoms with Crippen molar-refractivity contribution in [3.8, 4) is 0 Å². The quantitative estimate of drug-likeness (QED) is 0.637. The van der Waals surface area contributed by atoms with Gasteiger partial charge in [0.25, 0.3) is 0 Å². The van der Waals surface area contributed by atoms with E-state index in [0.717, 1.165) is 13.2 Å². The van der Waals surface area contributed by atoms with E-state index in [1.807, 2.05) is 0 Å². The highest BCUT2D eigenvalue weighted by Crippen LogP contribution is 2.44. The molecule has 0 amide bonds. The van der Waals surface area contributed by atoms with Gasteiger partial charge in [0.15, 0.2) is 0 Å². The fourth-order valence-electron chi connectivity index (χ4n) is 2.70. The van der Waals surface area contributed by atoms with Gasteiger partial charge in [-0.1, -0.05) is 0 Å². The summed E-state index contributed by atoms with van der Waals surface area (Å²) < 4.78 is 5.12. The number of ether oxygens (including phenoxy) is 1. The van der Waals surface area contributed by atoms with Gasteiger partial charge in [-0.05, 0) is 38.6 Å². The summed E-state index contributed by atoms with van der Waals surface area (Å²) in [4.78, 5) is 2.65. The van der Waals surface area contributed by atoms with Crippen molar-refractivity contribution in [2.24, 2.45) is 0 Å². The first-order valence-electron chi connectivity index (χ1n) is 5.11. The predicted octanol–water partition coefficient (Wildman–Crippen LogP) is 1.65. The third-order valence-corrected chi connectivity index (χ3v) is 3.59. The molecule has 0 N–H and O–H groups in total. The Balaban J connectivity index is 1.86. The molecule has 12 heavy (non-hydrogen) atoms. The van der Waals surface area contributed by atoms with E-state index in [4.69, 9.17) is 4.74 Å². The molecule has 1 saturated carbocycles. The standard InChI is InChI=1S/C10H19NO/c1-12-9-8-11-7-3-6-10(11)4-2-5-10/h2-9H2,1H3. The lowest BCUT2D eigenvalue weighted by atomic mass is 9.75. The number of nitrogens with zero attached hydrogens (tertiary/aromatic N) is 1. The molecule has 0 radical (unpaired) electrons. The van der Waals surface area contributed by atoms with Crippen molar-refractivity contribution in [1.82, 2.24) is 4.90 Å². The van der Waals surface area contributed by atoms with E-state index >= 15 is 0 Å². The Morgan fingerprint density at radius 2 is 2.00 bits per heavy atom. The number of rotatable bonds is 3. The molecule has 0 aromatic rings. The highest BCUT2D eigenvalue weighted by atomic mass is 16.5. The Kier molecular flexibility index (Phi) is 2.37. The molecule has 0 aromatic heterocycles. The summed E-state index contributed by atoms with van der Waals surface area (Å²) in [5.74, 6) is 0. The molecule has 1 aliphatic heterocycles. The van der Waals surface area contributed by atoms with Gasteiger partial charge in [-0.2, -0.15) is 0 Å². The Labute approximate surface area is 74.9 Å². The number of hydrogen-bond donors (Lipinski definition) is 0. The monoisotopic (exact) mass is 169 g/mol. The van der Waals surface area contributed by atoms with Crippen LogP contribution in [-0.4, -0.2) is 37.2 Å². The predicted molar refractivity (Wildman–Crippen MR) is 49.3 cm³/mol. The van der Waals surface area contributed by atoms with Crippen LogP contribution in [0.1, 0.15) is 32.1 Å². The lowest BCUT2D eigenvalue weighted by Gasteiger charge is -2.46. The fraction of sp³-hybridized carbons (Fsp3) is 1.00. The van der Waals surface area contributed by atoms with E-state index in [2.05, 4.69) is 4.90 Å². The molecule has 0 bridgehead atoms. The molecule has 1 saturated heterocycles. The molecular formula is C10H19NO. The Morgan fingerprint density at radius 3 is 2.58 bits per heavy atom. The lowest BCUT2D eigenvalue weighted by molar-refractivity contribution is 0.0344. The molecule has 2 heteroatoms. The molecular weight excluding hydrogens is 150 g/mol. The number of likely N-dealkylation sites (tertiary alicyclic amines) is 1. The normalized spacial score (nSPS) is 27.8. The van der Waals surface area contributed by atoms with Gasteiger partial charge in [0.05, 0.1) is 6.61 Å². The van der Waals surface area contributed by atoms with Crippen LogP contribution >= 0.6 is 0 Å². The van der Waals surface area contributed by atoms with Crippen molar-refractivity contribution in [2.75, 3.05) is 26.8 Å². The molecule has 1 heterocycles. The van der Waals surface area contributed by atoms with Crippen molar-refractivity contribution in [3.63, 3.8) is 0 Å². The van der Waals surface area contributed by atoms with Gasteiger partial charge in [0, 0.05) is 19.2 Å². The maximum absolute atomic E-state index is 5.12. The van der Waals surface area contributed by atoms with Crippen LogP contribution in [0.3, 0.4) is 0 Å². The second-order valence-corrected chi connectivity index (χ2v) is 4.16. The third-order valence-electron chi connectivity index (χ3n) is 3.59. The number of methoxy groups -OCH3 is 1. The molecule has 2 rings (SSSR count). The van der Waals surface area contributed by atoms with Gasteiger partial charge >= 0.3 is 0 Å². The van der Waals surface area contributed by atoms with Crippen molar-refractivity contribution in [1.29, 1.82) is 0 Å². The molecule has 1 aliphatic carbocycles. The van der Waals surface area contributed by atoms with Crippen LogP contribution in [0.25, 0.3) is 0 Å². The van der Waals surface area contributed by atoms with Crippen LogP contribution in [-0.2, 0) is 4.74 Å². The first-order chi connectivity index (χ1) is 5.87. The maximum atomic E-state index is 5.12. The van der Waals surface area contributed by atoms with Gasteiger partial charge in [-0.25, -0.2) is 0 Å². The average Bonchev–Trinajstić information content (AvgIpc) is 2.42. The highest BCUT2D eigenvalue weighted by molar-refractivity contribution is 5.01. The van der Waals surface area contributed by atoms with Crippen LogP contribution in [0.5, 0.6) is 0 Å². The second kappa shape index (κ2) is 3.35. The molecule has 2 nitrogen and oxygen atoms in total. The van der Waals surface area contributed by atoms with E-state index in [0.29, 0.717) is 5.54 Å². The Bertz CT molecular complexity index is 154. The van der Waals surface area contributed by atoms with Gasteiger partial charge in [-0.15, -0.1) is 0 Å². The summed E-state index contributed by atoms with van der Waals surface area (Å²) in [6.07, 6.45) is 7.18. The molecule has 0 unspecified atom stereocenters. The van der Waals surface area contributed by atoms with Crippen molar-refractivity contribution < 1.29 is 4.74 Å². The fourth-order valence-corrected chi connectivity index (χ4v) is 2.70. The van der Waals surface area contributed by atoms with E-state index in [1.165, 1.54) is 38.6 Å². The largest absolute Gasteiger partial charge is 0.383 e. The zero-order valence-electron chi connectivity index (χ0n) is 8.01. The third kappa shape index (κ3) is 1.27. The first kappa shape index (κ1) is 8.52. The van der Waals surface area contributed by atoms with Crippen LogP contribution in [0, 0.1) is 0 Å². The summed E-state index contributed by atoms with van der Waals surface area (Å²) in [7, 11) is 1.80. The minimum atomic E-state index is 0.637. The Hall–Kier alpha value is -0.0800. The van der Waals surface area contributed by atoms with Gasteiger partial charge in [0.2, 0.25) is 0 Å². The van der Waals surface area contributed by atoms with Gasteiger partial charge < -0.3 is 4.74 Å².